The average molecular weight is 810 g/mol. The predicted octanol–water partition coefficient (Wildman–Crippen LogP) is 13.9. The number of rotatable bonds is 5. The lowest BCUT2D eigenvalue weighted by Crippen LogP contribution is -2.42. The lowest BCUT2D eigenvalue weighted by molar-refractivity contribution is 0.314. The number of allylic oxidation sites excluding steroid dienone is 2. The molecule has 0 spiro atoms. The smallest absolute Gasteiger partial charge is 0.119 e. The molecule has 5 nitrogen and oxygen atoms in total. The van der Waals surface area contributed by atoms with Crippen LogP contribution in [0.1, 0.15) is 53.6 Å². The standard InChI is InChI=1S/C58H43N5/c1-58-33-14-13-26-49(58)53-52(36-39-19-6-8-23-46(39)54(53)60-50-27-11-9-24-47(50)48-25-10-12-28-51(48)60)61(58)43-21-15-20-41(35-43)55-59-56(63-57(62(55)63)38-17-3-2-4-18-38)42-31-32-45-40(34-42)30-29-37-16-5-7-22-44(37)45/h2-36,49,55-57,59H,1H3. The lowest BCUT2D eigenvalue weighted by Gasteiger charge is -2.39. The minimum atomic E-state index is -0.347. The summed E-state index contributed by atoms with van der Waals surface area (Å²) in [6, 6.07) is 69.8. The first kappa shape index (κ1) is 35.3. The quantitative estimate of drug-likeness (QED) is 0.138. The fraction of sp³-hybridized carbons (Fsp3) is 0.103. The molecule has 3 aliphatic heterocycles. The number of anilines is 2. The van der Waals surface area contributed by atoms with E-state index in [0.717, 1.165) is 0 Å². The van der Waals surface area contributed by atoms with E-state index in [1.54, 1.807) is 0 Å². The van der Waals surface area contributed by atoms with E-state index in [1.165, 1.54) is 93.4 Å². The van der Waals surface area contributed by atoms with Gasteiger partial charge in [-0.05, 0) is 86.9 Å². The van der Waals surface area contributed by atoms with E-state index in [1.807, 2.05) is 0 Å². The molecule has 300 valence electrons. The van der Waals surface area contributed by atoms with Crippen molar-refractivity contribution in [2.24, 2.45) is 0 Å². The molecule has 1 aliphatic carbocycles. The third-order valence-corrected chi connectivity index (χ3v) is 14.5. The average Bonchev–Trinajstić information content (AvgIpc) is 3.65. The Hall–Kier alpha value is -7.28. The molecule has 7 unspecified atom stereocenters. The highest BCUT2D eigenvalue weighted by Crippen LogP contribution is 2.60. The van der Waals surface area contributed by atoms with Crippen molar-refractivity contribution in [1.82, 2.24) is 19.9 Å². The van der Waals surface area contributed by atoms with Crippen molar-refractivity contribution in [3.8, 4) is 5.69 Å². The summed E-state index contributed by atoms with van der Waals surface area (Å²) in [6.45, 7) is 2.43. The first-order chi connectivity index (χ1) is 31.1. The number of nitrogens with zero attached hydrogens (tertiary/aromatic N) is 4. The van der Waals surface area contributed by atoms with Crippen LogP contribution in [0.4, 0.5) is 11.4 Å². The van der Waals surface area contributed by atoms with Gasteiger partial charge in [-0.3, -0.25) is 5.32 Å². The molecular formula is C58H43N5. The van der Waals surface area contributed by atoms with Gasteiger partial charge in [0.2, 0.25) is 0 Å². The Morgan fingerprint density at radius 1 is 0.476 bits per heavy atom. The van der Waals surface area contributed by atoms with Crippen LogP contribution in [0.3, 0.4) is 0 Å². The van der Waals surface area contributed by atoms with Crippen molar-refractivity contribution in [3.05, 3.63) is 235 Å². The molecule has 4 heterocycles. The van der Waals surface area contributed by atoms with Gasteiger partial charge in [0.05, 0.1) is 22.3 Å². The topological polar surface area (TPSA) is 26.2 Å². The third kappa shape index (κ3) is 4.98. The van der Waals surface area contributed by atoms with Gasteiger partial charge < -0.3 is 9.47 Å². The van der Waals surface area contributed by atoms with Crippen molar-refractivity contribution in [2.75, 3.05) is 4.90 Å². The fourth-order valence-corrected chi connectivity index (χ4v) is 11.7. The van der Waals surface area contributed by atoms with Crippen LogP contribution in [-0.4, -0.2) is 20.1 Å². The van der Waals surface area contributed by atoms with Gasteiger partial charge in [-0.1, -0.05) is 176 Å². The van der Waals surface area contributed by atoms with E-state index in [4.69, 9.17) is 0 Å². The Morgan fingerprint density at radius 2 is 1.08 bits per heavy atom. The third-order valence-electron chi connectivity index (χ3n) is 14.5. The second-order valence-electron chi connectivity index (χ2n) is 17.9. The van der Waals surface area contributed by atoms with Crippen LogP contribution in [0.5, 0.6) is 0 Å². The van der Waals surface area contributed by atoms with E-state index in [2.05, 4.69) is 244 Å². The first-order valence-electron chi connectivity index (χ1n) is 22.2. The zero-order chi connectivity index (χ0) is 41.4. The highest BCUT2D eigenvalue weighted by molar-refractivity contribution is 6.12. The number of benzene rings is 9. The molecule has 2 saturated heterocycles. The van der Waals surface area contributed by atoms with Gasteiger partial charge in [0.1, 0.15) is 18.5 Å². The molecule has 0 saturated carbocycles. The number of hydrogen-bond donors (Lipinski definition) is 1. The number of para-hydroxylation sites is 2. The summed E-state index contributed by atoms with van der Waals surface area (Å²) >= 11 is 0. The molecule has 0 amide bonds. The Morgan fingerprint density at radius 3 is 1.86 bits per heavy atom. The Kier molecular flexibility index (Phi) is 7.36. The number of hydrogen-bond acceptors (Lipinski definition) is 4. The summed E-state index contributed by atoms with van der Waals surface area (Å²) in [7, 11) is 0. The molecule has 5 heteroatoms. The van der Waals surface area contributed by atoms with Crippen LogP contribution in [0, 0.1) is 0 Å². The highest BCUT2D eigenvalue weighted by Gasteiger charge is 2.60. The zero-order valence-electron chi connectivity index (χ0n) is 34.8. The highest BCUT2D eigenvalue weighted by atomic mass is 15.9. The summed E-state index contributed by atoms with van der Waals surface area (Å²) in [4.78, 5) is 2.63. The van der Waals surface area contributed by atoms with E-state index in [9.17, 15) is 0 Å². The van der Waals surface area contributed by atoms with Crippen LogP contribution in [0.25, 0.3) is 59.8 Å². The van der Waals surface area contributed by atoms with Crippen LogP contribution < -0.4 is 10.2 Å². The van der Waals surface area contributed by atoms with E-state index in [-0.39, 0.29) is 30.0 Å². The maximum absolute atomic E-state index is 4.12. The summed E-state index contributed by atoms with van der Waals surface area (Å²) in [6.07, 6.45) is 9.51. The van der Waals surface area contributed by atoms with Crippen LogP contribution in [-0.2, 0) is 0 Å². The molecule has 0 bridgehead atoms. The Labute approximate surface area is 366 Å². The normalized spacial score (nSPS) is 24.4. The molecule has 1 aromatic heterocycles. The van der Waals surface area contributed by atoms with Crippen molar-refractivity contribution in [2.45, 2.75) is 36.9 Å². The number of aromatic nitrogens is 1. The molecule has 9 aromatic carbocycles. The summed E-state index contributed by atoms with van der Waals surface area (Å²) in [5, 5.41) is 19.4. The minimum Gasteiger partial charge on any atom is -0.331 e. The van der Waals surface area contributed by atoms with Crippen LogP contribution in [0.15, 0.2) is 212 Å². The number of hydrazine groups is 1. The van der Waals surface area contributed by atoms with Crippen molar-refractivity contribution < 1.29 is 0 Å². The fourth-order valence-electron chi connectivity index (χ4n) is 11.7. The van der Waals surface area contributed by atoms with Gasteiger partial charge in [0.25, 0.3) is 0 Å². The summed E-state index contributed by atoms with van der Waals surface area (Å²) in [5.74, 6) is 0.116. The van der Waals surface area contributed by atoms with E-state index >= 15 is 0 Å². The van der Waals surface area contributed by atoms with Gasteiger partial charge in [-0.15, -0.1) is 0 Å². The first-order valence-corrected chi connectivity index (χ1v) is 22.2. The van der Waals surface area contributed by atoms with E-state index < -0.39 is 0 Å². The molecule has 1 N–H and O–H groups in total. The largest absolute Gasteiger partial charge is 0.331 e. The molecular weight excluding hydrogens is 767 g/mol. The molecule has 14 rings (SSSR count). The molecule has 2 fully saturated rings. The van der Waals surface area contributed by atoms with Crippen LogP contribution in [0.2, 0.25) is 0 Å². The Balaban J connectivity index is 0.927. The summed E-state index contributed by atoms with van der Waals surface area (Å²) < 4.78 is 2.55. The minimum absolute atomic E-state index is 0.0145. The van der Waals surface area contributed by atoms with E-state index in [0.29, 0.717) is 0 Å². The van der Waals surface area contributed by atoms with Gasteiger partial charge in [0, 0.05) is 39.0 Å². The monoisotopic (exact) mass is 809 g/mol. The molecule has 10 aromatic rings. The summed E-state index contributed by atoms with van der Waals surface area (Å²) in [5.41, 5.74) is 11.0. The molecule has 4 aliphatic rings. The second kappa shape index (κ2) is 13.1. The van der Waals surface area contributed by atoms with Gasteiger partial charge >= 0.3 is 0 Å². The number of fused-ring (bicyclic) bond motifs is 11. The van der Waals surface area contributed by atoms with Gasteiger partial charge in [-0.2, -0.15) is 10.0 Å². The van der Waals surface area contributed by atoms with Crippen molar-refractivity contribution in [1.29, 1.82) is 0 Å². The lowest BCUT2D eigenvalue weighted by atomic mass is 9.79. The van der Waals surface area contributed by atoms with Crippen molar-refractivity contribution in [3.63, 3.8) is 0 Å². The SMILES string of the molecule is CC12C=CC=CC1c1c(cc3ccccc3c1-n1c3ccccc3c3ccccc31)N2c1cccc(C2NC(c3ccc4c(ccc5ccccc54)c3)N3C(c4ccccc4)N23)c1. The maximum atomic E-state index is 4.12. The molecule has 63 heavy (non-hydrogen) atoms. The maximum Gasteiger partial charge on any atom is 0.119 e. The van der Waals surface area contributed by atoms with Gasteiger partial charge in [0.15, 0.2) is 0 Å². The predicted molar refractivity (Wildman–Crippen MR) is 259 cm³/mol. The van der Waals surface area contributed by atoms with Crippen LogP contribution >= 0.6 is 0 Å². The van der Waals surface area contributed by atoms with Crippen molar-refractivity contribution >= 4 is 65.5 Å². The molecule has 0 radical (unpaired) electrons. The second-order valence-corrected chi connectivity index (χ2v) is 17.9. The zero-order valence-corrected chi connectivity index (χ0v) is 34.8. The van der Waals surface area contributed by atoms with Gasteiger partial charge in [-0.25, -0.2) is 0 Å². The number of nitrogens with one attached hydrogen (secondary N) is 1. The molecule has 7 atom stereocenters. The Bertz CT molecular complexity index is 3530.